The van der Waals surface area contributed by atoms with Crippen LogP contribution in [0.1, 0.15) is 36.5 Å². The van der Waals surface area contributed by atoms with Gasteiger partial charge in [-0.05, 0) is 43.0 Å². The molecule has 1 aliphatic heterocycles. The van der Waals surface area contributed by atoms with E-state index in [2.05, 4.69) is 0 Å². The zero-order valence-electron chi connectivity index (χ0n) is 17.5. The molecule has 1 heterocycles. The van der Waals surface area contributed by atoms with Gasteiger partial charge in [-0.1, -0.05) is 36.4 Å². The van der Waals surface area contributed by atoms with Crippen LogP contribution in [0.2, 0.25) is 0 Å². The van der Waals surface area contributed by atoms with Crippen LogP contribution in [0.15, 0.2) is 48.5 Å². The Morgan fingerprint density at radius 3 is 2.63 bits per heavy atom. The number of hydrogen-bond donors (Lipinski definition) is 1. The van der Waals surface area contributed by atoms with E-state index in [0.29, 0.717) is 18.0 Å². The van der Waals surface area contributed by atoms with E-state index >= 15 is 0 Å². The van der Waals surface area contributed by atoms with Gasteiger partial charge >= 0.3 is 0 Å². The number of anilines is 1. The average molecular weight is 408 g/mol. The SMILES string of the molecule is COc1ccc(C)cc1N1C[C@H](C(=O)N(C[C@H](O)c2ccccc2)C2CC2)CC1=O. The number of methoxy groups -OCH3 is 1. The molecule has 0 spiro atoms. The first-order valence-corrected chi connectivity index (χ1v) is 10.5. The van der Waals surface area contributed by atoms with E-state index in [1.165, 1.54) is 0 Å². The van der Waals surface area contributed by atoms with Crippen molar-refractivity contribution in [3.05, 3.63) is 59.7 Å². The quantitative estimate of drug-likeness (QED) is 0.764. The minimum Gasteiger partial charge on any atom is -0.495 e. The molecule has 1 saturated carbocycles. The molecule has 0 unspecified atom stereocenters. The van der Waals surface area contributed by atoms with Gasteiger partial charge in [0.05, 0.1) is 31.4 Å². The summed E-state index contributed by atoms with van der Waals surface area (Å²) >= 11 is 0. The van der Waals surface area contributed by atoms with E-state index in [0.717, 1.165) is 24.0 Å². The number of rotatable bonds is 7. The molecule has 0 bridgehead atoms. The topological polar surface area (TPSA) is 70.1 Å². The molecule has 1 N–H and O–H groups in total. The highest BCUT2D eigenvalue weighted by atomic mass is 16.5. The van der Waals surface area contributed by atoms with Crippen LogP contribution < -0.4 is 9.64 Å². The van der Waals surface area contributed by atoms with Gasteiger partial charge in [-0.3, -0.25) is 9.59 Å². The van der Waals surface area contributed by atoms with Gasteiger partial charge in [-0.2, -0.15) is 0 Å². The maximum atomic E-state index is 13.3. The van der Waals surface area contributed by atoms with Crippen LogP contribution in [-0.4, -0.2) is 48.1 Å². The zero-order chi connectivity index (χ0) is 21.3. The van der Waals surface area contributed by atoms with Crippen molar-refractivity contribution in [2.24, 2.45) is 5.92 Å². The predicted molar refractivity (Wildman–Crippen MR) is 114 cm³/mol. The summed E-state index contributed by atoms with van der Waals surface area (Å²) < 4.78 is 5.43. The Morgan fingerprint density at radius 2 is 1.97 bits per heavy atom. The largest absolute Gasteiger partial charge is 0.495 e. The standard InChI is InChI=1S/C24H28N2O4/c1-16-8-11-22(30-2)20(12-16)26-14-18(13-23(26)28)24(29)25(19-9-10-19)15-21(27)17-6-4-3-5-7-17/h3-8,11-12,18-19,21,27H,9-10,13-15H2,1-2H3/t18-,21+/m1/s1. The third-order valence-corrected chi connectivity index (χ3v) is 5.92. The minimum atomic E-state index is -0.735. The van der Waals surface area contributed by atoms with Crippen molar-refractivity contribution in [1.82, 2.24) is 4.90 Å². The highest BCUT2D eigenvalue weighted by Crippen LogP contribution is 2.36. The summed E-state index contributed by atoms with van der Waals surface area (Å²) in [7, 11) is 1.58. The van der Waals surface area contributed by atoms with Crippen molar-refractivity contribution in [2.45, 2.75) is 38.3 Å². The number of ether oxygens (including phenoxy) is 1. The molecule has 158 valence electrons. The average Bonchev–Trinajstić information content (AvgIpc) is 3.53. The van der Waals surface area contributed by atoms with E-state index in [1.807, 2.05) is 55.5 Å². The number of carbonyl (C=O) groups excluding carboxylic acids is 2. The molecule has 2 aromatic rings. The van der Waals surface area contributed by atoms with Crippen molar-refractivity contribution < 1.29 is 19.4 Å². The van der Waals surface area contributed by atoms with Crippen LogP contribution in [0.5, 0.6) is 5.75 Å². The molecule has 0 aromatic heterocycles. The normalized spacial score (nSPS) is 19.6. The Kier molecular flexibility index (Phi) is 5.77. The van der Waals surface area contributed by atoms with E-state index in [1.54, 1.807) is 16.9 Å². The zero-order valence-corrected chi connectivity index (χ0v) is 17.5. The molecule has 2 atom stereocenters. The lowest BCUT2D eigenvalue weighted by Gasteiger charge is -2.28. The van der Waals surface area contributed by atoms with Crippen LogP contribution in [-0.2, 0) is 9.59 Å². The second-order valence-electron chi connectivity index (χ2n) is 8.23. The van der Waals surface area contributed by atoms with E-state index in [-0.39, 0.29) is 30.8 Å². The fraction of sp³-hybridized carbons (Fsp3) is 0.417. The van der Waals surface area contributed by atoms with Crippen LogP contribution in [0.4, 0.5) is 5.69 Å². The van der Waals surface area contributed by atoms with E-state index in [4.69, 9.17) is 4.74 Å². The summed E-state index contributed by atoms with van der Waals surface area (Å²) in [6.07, 6.45) is 1.34. The maximum Gasteiger partial charge on any atom is 0.228 e. The van der Waals surface area contributed by atoms with Crippen molar-refractivity contribution in [3.63, 3.8) is 0 Å². The Balaban J connectivity index is 1.50. The number of amides is 2. The summed E-state index contributed by atoms with van der Waals surface area (Å²) in [4.78, 5) is 29.6. The third kappa shape index (κ3) is 4.19. The number of benzene rings is 2. The van der Waals surface area contributed by atoms with Crippen LogP contribution in [0, 0.1) is 12.8 Å². The summed E-state index contributed by atoms with van der Waals surface area (Å²) in [6, 6.07) is 15.3. The smallest absolute Gasteiger partial charge is 0.228 e. The molecule has 2 amide bonds. The van der Waals surface area contributed by atoms with Gasteiger partial charge in [0.25, 0.3) is 0 Å². The molecule has 4 rings (SSSR count). The number of nitrogens with zero attached hydrogens (tertiary/aromatic N) is 2. The van der Waals surface area contributed by atoms with Crippen molar-refractivity contribution >= 4 is 17.5 Å². The lowest BCUT2D eigenvalue weighted by atomic mass is 10.0. The summed E-state index contributed by atoms with van der Waals surface area (Å²) in [5.41, 5.74) is 2.53. The number of aryl methyl sites for hydroxylation is 1. The fourth-order valence-corrected chi connectivity index (χ4v) is 4.12. The lowest BCUT2D eigenvalue weighted by Crippen LogP contribution is -2.41. The molecule has 6 nitrogen and oxygen atoms in total. The van der Waals surface area contributed by atoms with Crippen molar-refractivity contribution in [1.29, 1.82) is 0 Å². The molecule has 1 saturated heterocycles. The number of carbonyl (C=O) groups is 2. The van der Waals surface area contributed by atoms with E-state index in [9.17, 15) is 14.7 Å². The first-order chi connectivity index (χ1) is 14.5. The van der Waals surface area contributed by atoms with Gasteiger partial charge in [-0.25, -0.2) is 0 Å². The molecule has 2 aromatic carbocycles. The maximum absolute atomic E-state index is 13.3. The molecular weight excluding hydrogens is 380 g/mol. The van der Waals surface area contributed by atoms with Crippen molar-refractivity contribution in [2.75, 3.05) is 25.1 Å². The van der Waals surface area contributed by atoms with Gasteiger partial charge in [0.1, 0.15) is 5.75 Å². The third-order valence-electron chi connectivity index (χ3n) is 5.92. The molecule has 2 aliphatic rings. The fourth-order valence-electron chi connectivity index (χ4n) is 4.12. The van der Waals surface area contributed by atoms with Crippen molar-refractivity contribution in [3.8, 4) is 5.75 Å². The Hall–Kier alpha value is -2.86. The van der Waals surface area contributed by atoms with Gasteiger partial charge in [0, 0.05) is 19.0 Å². The molecule has 30 heavy (non-hydrogen) atoms. The Morgan fingerprint density at radius 1 is 1.23 bits per heavy atom. The summed E-state index contributed by atoms with van der Waals surface area (Å²) in [6.45, 7) is 2.56. The number of aliphatic hydroxyl groups excluding tert-OH is 1. The van der Waals surface area contributed by atoms with Crippen LogP contribution in [0.25, 0.3) is 0 Å². The van der Waals surface area contributed by atoms with Gasteiger partial charge in [-0.15, -0.1) is 0 Å². The lowest BCUT2D eigenvalue weighted by molar-refractivity contribution is -0.137. The first-order valence-electron chi connectivity index (χ1n) is 10.5. The minimum absolute atomic E-state index is 0.0463. The van der Waals surface area contributed by atoms with E-state index < -0.39 is 12.0 Å². The molecular formula is C24H28N2O4. The predicted octanol–water partition coefficient (Wildman–Crippen LogP) is 3.08. The molecule has 0 radical (unpaired) electrons. The summed E-state index contributed by atoms with van der Waals surface area (Å²) in [5, 5.41) is 10.7. The van der Waals surface area contributed by atoms with Gasteiger partial charge in [0.2, 0.25) is 11.8 Å². The second-order valence-corrected chi connectivity index (χ2v) is 8.23. The highest BCUT2D eigenvalue weighted by Gasteiger charge is 2.42. The number of aliphatic hydroxyl groups is 1. The van der Waals surface area contributed by atoms with Crippen LogP contribution in [0.3, 0.4) is 0 Å². The summed E-state index contributed by atoms with van der Waals surface area (Å²) in [5.74, 6) is 0.0958. The van der Waals surface area contributed by atoms with Gasteiger partial charge in [0.15, 0.2) is 0 Å². The Bertz CT molecular complexity index is 926. The van der Waals surface area contributed by atoms with Gasteiger partial charge < -0.3 is 19.6 Å². The second kappa shape index (κ2) is 8.48. The van der Waals surface area contributed by atoms with Crippen LogP contribution >= 0.6 is 0 Å². The first kappa shape index (κ1) is 20.4. The number of hydrogen-bond acceptors (Lipinski definition) is 4. The highest BCUT2D eigenvalue weighted by molar-refractivity contribution is 6.01. The molecule has 6 heteroatoms. The molecule has 1 aliphatic carbocycles. The monoisotopic (exact) mass is 408 g/mol. The Labute approximate surface area is 177 Å². The molecule has 2 fully saturated rings.